The lowest BCUT2D eigenvalue weighted by Gasteiger charge is -2.33. The second kappa shape index (κ2) is 9.39. The number of benzene rings is 1. The summed E-state index contributed by atoms with van der Waals surface area (Å²) in [4.78, 5) is 29.8. The highest BCUT2D eigenvalue weighted by Crippen LogP contribution is 2.30. The minimum absolute atomic E-state index is 0.0212. The van der Waals surface area contributed by atoms with Gasteiger partial charge in [-0.1, -0.05) is 18.2 Å². The van der Waals surface area contributed by atoms with Crippen molar-refractivity contribution in [2.75, 3.05) is 37.6 Å². The number of likely N-dealkylation sites (tertiary alicyclic amines) is 1. The molecular formula is C25H33N5O4S. The van der Waals surface area contributed by atoms with Gasteiger partial charge in [0.15, 0.2) is 0 Å². The van der Waals surface area contributed by atoms with Gasteiger partial charge in [0, 0.05) is 38.4 Å². The van der Waals surface area contributed by atoms with Crippen molar-refractivity contribution in [2.24, 2.45) is 5.92 Å². The van der Waals surface area contributed by atoms with Crippen LogP contribution >= 0.6 is 0 Å². The van der Waals surface area contributed by atoms with E-state index in [1.807, 2.05) is 29.2 Å². The van der Waals surface area contributed by atoms with Gasteiger partial charge in [-0.3, -0.25) is 14.3 Å². The number of rotatable bonds is 5. The maximum Gasteiger partial charge on any atom is 0.248 e. The molecule has 9 nitrogen and oxygen atoms in total. The van der Waals surface area contributed by atoms with E-state index in [0.29, 0.717) is 37.3 Å². The van der Waals surface area contributed by atoms with Crippen LogP contribution in [-0.2, 0) is 32.6 Å². The number of para-hydroxylation sites is 1. The standard InChI is InChI=1S/C25H33N5O4S/c1-18-24(35(33,34)28-14-7-9-21(16-28)25(32)27-12-5-6-13-27)19(2)30(26-18)17-23(31)29-15-11-20-8-3-4-10-22(20)29/h3-4,8,10,21H,5-7,9,11-17H2,1-2H3. The quantitative estimate of drug-likeness (QED) is 0.628. The molecule has 0 saturated carbocycles. The average molecular weight is 500 g/mol. The fourth-order valence-electron chi connectivity index (χ4n) is 5.71. The Bertz CT molecular complexity index is 1250. The van der Waals surface area contributed by atoms with Crippen molar-refractivity contribution in [3.63, 3.8) is 0 Å². The molecule has 3 aliphatic rings. The second-order valence-corrected chi connectivity index (χ2v) is 11.7. The molecule has 5 rings (SSSR count). The van der Waals surface area contributed by atoms with Gasteiger partial charge in [0.25, 0.3) is 0 Å². The summed E-state index contributed by atoms with van der Waals surface area (Å²) in [7, 11) is -3.84. The van der Waals surface area contributed by atoms with E-state index in [4.69, 9.17) is 0 Å². The summed E-state index contributed by atoms with van der Waals surface area (Å²) in [5.74, 6) is -0.342. The van der Waals surface area contributed by atoms with Gasteiger partial charge in [0.05, 0.1) is 17.3 Å². The summed E-state index contributed by atoms with van der Waals surface area (Å²) >= 11 is 0. The third-order valence-electron chi connectivity index (χ3n) is 7.54. The SMILES string of the molecule is Cc1nn(CC(=O)N2CCc3ccccc32)c(C)c1S(=O)(=O)N1CCCC(C(=O)N2CCCC2)C1. The lowest BCUT2D eigenvalue weighted by atomic mass is 9.98. The van der Waals surface area contributed by atoms with Crippen LogP contribution in [0, 0.1) is 19.8 Å². The zero-order valence-corrected chi connectivity index (χ0v) is 21.3. The summed E-state index contributed by atoms with van der Waals surface area (Å²) in [6.45, 7) is 6.09. The fourth-order valence-corrected chi connectivity index (χ4v) is 7.60. The molecule has 1 aromatic carbocycles. The van der Waals surface area contributed by atoms with E-state index in [9.17, 15) is 18.0 Å². The van der Waals surface area contributed by atoms with Crippen LogP contribution in [-0.4, -0.2) is 71.9 Å². The van der Waals surface area contributed by atoms with Crippen molar-refractivity contribution in [1.82, 2.24) is 19.0 Å². The summed E-state index contributed by atoms with van der Waals surface area (Å²) in [5.41, 5.74) is 2.89. The van der Waals surface area contributed by atoms with Crippen LogP contribution in [0.4, 0.5) is 5.69 Å². The lowest BCUT2D eigenvalue weighted by molar-refractivity contribution is -0.135. The van der Waals surface area contributed by atoms with E-state index >= 15 is 0 Å². The molecule has 0 bridgehead atoms. The Hall–Kier alpha value is -2.72. The molecule has 35 heavy (non-hydrogen) atoms. The van der Waals surface area contributed by atoms with Crippen molar-refractivity contribution in [3.05, 3.63) is 41.2 Å². The second-order valence-electron chi connectivity index (χ2n) is 9.82. The summed E-state index contributed by atoms with van der Waals surface area (Å²) in [6.07, 6.45) is 4.21. The Labute approximate surface area is 206 Å². The van der Waals surface area contributed by atoms with Crippen LogP contribution in [0.1, 0.15) is 42.6 Å². The molecule has 2 amide bonds. The number of nitrogens with zero attached hydrogens (tertiary/aromatic N) is 5. The van der Waals surface area contributed by atoms with Crippen molar-refractivity contribution in [2.45, 2.75) is 57.4 Å². The van der Waals surface area contributed by atoms with Crippen LogP contribution in [0.25, 0.3) is 0 Å². The molecule has 0 radical (unpaired) electrons. The van der Waals surface area contributed by atoms with Crippen molar-refractivity contribution >= 4 is 27.5 Å². The predicted molar refractivity (Wildman–Crippen MR) is 131 cm³/mol. The van der Waals surface area contributed by atoms with E-state index in [-0.39, 0.29) is 35.7 Å². The third kappa shape index (κ3) is 4.38. The Balaban J connectivity index is 1.34. The lowest BCUT2D eigenvalue weighted by Crippen LogP contribution is -2.46. The maximum absolute atomic E-state index is 13.7. The fraction of sp³-hybridized carbons (Fsp3) is 0.560. The molecule has 0 aliphatic carbocycles. The highest BCUT2D eigenvalue weighted by Gasteiger charge is 2.38. The number of fused-ring (bicyclic) bond motifs is 1. The summed E-state index contributed by atoms with van der Waals surface area (Å²) in [5, 5.41) is 4.44. The number of hydrogen-bond donors (Lipinski definition) is 0. The first-order chi connectivity index (χ1) is 16.8. The molecule has 4 heterocycles. The molecular weight excluding hydrogens is 466 g/mol. The van der Waals surface area contributed by atoms with Crippen LogP contribution in [0.3, 0.4) is 0 Å². The van der Waals surface area contributed by atoms with Gasteiger partial charge >= 0.3 is 0 Å². The largest absolute Gasteiger partial charge is 0.342 e. The van der Waals surface area contributed by atoms with Gasteiger partial charge < -0.3 is 9.80 Å². The van der Waals surface area contributed by atoms with Crippen LogP contribution in [0.5, 0.6) is 0 Å². The highest BCUT2D eigenvalue weighted by molar-refractivity contribution is 7.89. The molecule has 2 fully saturated rings. The van der Waals surface area contributed by atoms with E-state index < -0.39 is 10.0 Å². The van der Waals surface area contributed by atoms with Crippen molar-refractivity contribution in [1.29, 1.82) is 0 Å². The van der Waals surface area contributed by atoms with Gasteiger partial charge in [-0.2, -0.15) is 9.40 Å². The highest BCUT2D eigenvalue weighted by atomic mass is 32.2. The number of piperidine rings is 1. The number of amides is 2. The number of anilines is 1. The van der Waals surface area contributed by atoms with Gasteiger partial charge in [-0.05, 0) is 57.6 Å². The zero-order chi connectivity index (χ0) is 24.7. The Morgan fingerprint density at radius 2 is 1.77 bits per heavy atom. The van der Waals surface area contributed by atoms with Gasteiger partial charge in [-0.25, -0.2) is 8.42 Å². The number of aryl methyl sites for hydroxylation is 1. The molecule has 10 heteroatoms. The molecule has 188 valence electrons. The van der Waals surface area contributed by atoms with E-state index in [1.165, 1.54) is 8.99 Å². The number of hydrogen-bond acceptors (Lipinski definition) is 5. The first kappa shape index (κ1) is 24.0. The van der Waals surface area contributed by atoms with Crippen molar-refractivity contribution in [3.8, 4) is 0 Å². The number of aromatic nitrogens is 2. The Morgan fingerprint density at radius 1 is 1.03 bits per heavy atom. The van der Waals surface area contributed by atoms with Crippen LogP contribution in [0.15, 0.2) is 29.2 Å². The average Bonchev–Trinajstić information content (AvgIpc) is 3.58. The number of sulfonamides is 1. The minimum atomic E-state index is -3.84. The van der Waals surface area contributed by atoms with Gasteiger partial charge in [0.1, 0.15) is 11.4 Å². The molecule has 0 N–H and O–H groups in total. The van der Waals surface area contributed by atoms with E-state index in [2.05, 4.69) is 5.10 Å². The topological polar surface area (TPSA) is 95.8 Å². The number of carbonyl (C=O) groups excluding carboxylic acids is 2. The van der Waals surface area contributed by atoms with Crippen molar-refractivity contribution < 1.29 is 18.0 Å². The monoisotopic (exact) mass is 499 g/mol. The third-order valence-corrected chi connectivity index (χ3v) is 9.66. The normalized spacial score (nSPS) is 20.9. The van der Waals surface area contributed by atoms with E-state index in [0.717, 1.165) is 43.6 Å². The maximum atomic E-state index is 13.7. The van der Waals surface area contributed by atoms with E-state index in [1.54, 1.807) is 18.7 Å². The molecule has 0 spiro atoms. The number of carbonyl (C=O) groups is 2. The predicted octanol–water partition coefficient (Wildman–Crippen LogP) is 2.11. The first-order valence-corrected chi connectivity index (χ1v) is 13.9. The van der Waals surface area contributed by atoms with Gasteiger partial charge in [-0.15, -0.1) is 0 Å². The Kier molecular flexibility index (Phi) is 6.43. The first-order valence-electron chi connectivity index (χ1n) is 12.5. The molecule has 2 aromatic rings. The van der Waals surface area contributed by atoms with Crippen LogP contribution < -0.4 is 4.90 Å². The molecule has 1 atom stereocenters. The van der Waals surface area contributed by atoms with Gasteiger partial charge in [0.2, 0.25) is 21.8 Å². The molecule has 1 aromatic heterocycles. The molecule has 1 unspecified atom stereocenters. The van der Waals surface area contributed by atoms with Crippen LogP contribution in [0.2, 0.25) is 0 Å². The summed E-state index contributed by atoms with van der Waals surface area (Å²) in [6, 6.07) is 7.85. The Morgan fingerprint density at radius 3 is 2.54 bits per heavy atom. The molecule has 3 aliphatic heterocycles. The minimum Gasteiger partial charge on any atom is -0.342 e. The summed E-state index contributed by atoms with van der Waals surface area (Å²) < 4.78 is 30.3. The zero-order valence-electron chi connectivity index (χ0n) is 20.4. The smallest absolute Gasteiger partial charge is 0.248 e. The molecule has 2 saturated heterocycles.